The van der Waals surface area contributed by atoms with Crippen LogP contribution in [0.15, 0.2) is 24.3 Å². The van der Waals surface area contributed by atoms with Crippen molar-refractivity contribution in [3.05, 3.63) is 34.2 Å². The number of rotatable bonds is 2. The molecule has 13 heavy (non-hydrogen) atoms. The SMILES string of the molecule is CCCc1cc2cc(Cl)ccc2s1. The van der Waals surface area contributed by atoms with Gasteiger partial charge < -0.3 is 0 Å². The predicted molar refractivity (Wildman–Crippen MR) is 60.8 cm³/mol. The maximum atomic E-state index is 5.91. The summed E-state index contributed by atoms with van der Waals surface area (Å²) in [4.78, 5) is 1.46. The lowest BCUT2D eigenvalue weighted by atomic mass is 10.2. The van der Waals surface area contributed by atoms with Gasteiger partial charge >= 0.3 is 0 Å². The second-order valence-corrected chi connectivity index (χ2v) is 4.75. The lowest BCUT2D eigenvalue weighted by Crippen LogP contribution is -1.72. The summed E-state index contributed by atoms with van der Waals surface area (Å²) in [5, 5.41) is 2.11. The first-order chi connectivity index (χ1) is 6.29. The number of thiophene rings is 1. The fourth-order valence-corrected chi connectivity index (χ4v) is 2.77. The van der Waals surface area contributed by atoms with Crippen molar-refractivity contribution in [1.82, 2.24) is 0 Å². The molecular formula is C11H11ClS. The van der Waals surface area contributed by atoms with Crippen LogP contribution in [0.1, 0.15) is 18.2 Å². The van der Waals surface area contributed by atoms with Gasteiger partial charge in [-0.1, -0.05) is 24.9 Å². The van der Waals surface area contributed by atoms with E-state index < -0.39 is 0 Å². The fraction of sp³-hybridized carbons (Fsp3) is 0.273. The van der Waals surface area contributed by atoms with E-state index in [1.165, 1.54) is 27.8 Å². The number of aryl methyl sites for hydroxylation is 1. The molecule has 0 unspecified atom stereocenters. The number of hydrogen-bond donors (Lipinski definition) is 0. The molecule has 0 atom stereocenters. The summed E-state index contributed by atoms with van der Waals surface area (Å²) in [5.74, 6) is 0. The van der Waals surface area contributed by atoms with E-state index in [1.54, 1.807) is 0 Å². The van der Waals surface area contributed by atoms with Crippen LogP contribution in [0.2, 0.25) is 5.02 Å². The Bertz CT molecular complexity index is 417. The minimum atomic E-state index is 0.827. The Kier molecular flexibility index (Phi) is 2.56. The van der Waals surface area contributed by atoms with E-state index in [-0.39, 0.29) is 0 Å². The van der Waals surface area contributed by atoms with Crippen LogP contribution in [0.3, 0.4) is 0 Å². The first kappa shape index (κ1) is 9.04. The van der Waals surface area contributed by atoms with Crippen LogP contribution in [0, 0.1) is 0 Å². The maximum absolute atomic E-state index is 5.91. The maximum Gasteiger partial charge on any atom is 0.0412 e. The summed E-state index contributed by atoms with van der Waals surface area (Å²) in [6.07, 6.45) is 2.39. The molecule has 0 aliphatic rings. The minimum absolute atomic E-state index is 0.827. The third kappa shape index (κ3) is 1.87. The molecule has 1 aromatic heterocycles. The lowest BCUT2D eigenvalue weighted by Gasteiger charge is -1.88. The quantitative estimate of drug-likeness (QED) is 0.685. The molecule has 0 aliphatic carbocycles. The zero-order valence-corrected chi connectivity index (χ0v) is 9.08. The van der Waals surface area contributed by atoms with E-state index in [0.717, 1.165) is 5.02 Å². The number of fused-ring (bicyclic) bond motifs is 1. The van der Waals surface area contributed by atoms with E-state index in [1.807, 2.05) is 23.5 Å². The Morgan fingerprint density at radius 2 is 2.15 bits per heavy atom. The van der Waals surface area contributed by atoms with Crippen LogP contribution < -0.4 is 0 Å². The second kappa shape index (κ2) is 3.69. The summed E-state index contributed by atoms with van der Waals surface area (Å²) in [7, 11) is 0. The Labute approximate surface area is 87.2 Å². The van der Waals surface area contributed by atoms with Crippen molar-refractivity contribution in [1.29, 1.82) is 0 Å². The van der Waals surface area contributed by atoms with Crippen molar-refractivity contribution in [2.75, 3.05) is 0 Å². The van der Waals surface area contributed by atoms with Gasteiger partial charge in [0.05, 0.1) is 0 Å². The van der Waals surface area contributed by atoms with E-state index in [2.05, 4.69) is 19.1 Å². The summed E-state index contributed by atoms with van der Waals surface area (Å²) in [5.41, 5.74) is 0. The van der Waals surface area contributed by atoms with Gasteiger partial charge in [-0.2, -0.15) is 0 Å². The summed E-state index contributed by atoms with van der Waals surface area (Å²) >= 11 is 7.78. The van der Waals surface area contributed by atoms with Crippen molar-refractivity contribution >= 4 is 33.0 Å². The summed E-state index contributed by atoms with van der Waals surface area (Å²) in [6.45, 7) is 2.21. The third-order valence-corrected chi connectivity index (χ3v) is 3.44. The molecule has 0 amide bonds. The highest BCUT2D eigenvalue weighted by Gasteiger charge is 2.00. The van der Waals surface area contributed by atoms with Crippen molar-refractivity contribution < 1.29 is 0 Å². The molecule has 2 aromatic rings. The van der Waals surface area contributed by atoms with Crippen molar-refractivity contribution in [2.24, 2.45) is 0 Å². The van der Waals surface area contributed by atoms with Gasteiger partial charge in [-0.15, -0.1) is 11.3 Å². The molecule has 0 bridgehead atoms. The summed E-state index contributed by atoms with van der Waals surface area (Å²) < 4.78 is 1.34. The van der Waals surface area contributed by atoms with Gasteiger partial charge in [0.1, 0.15) is 0 Å². The minimum Gasteiger partial charge on any atom is -0.140 e. The Morgan fingerprint density at radius 3 is 2.92 bits per heavy atom. The summed E-state index contributed by atoms with van der Waals surface area (Å²) in [6, 6.07) is 8.33. The molecule has 0 fully saturated rings. The van der Waals surface area contributed by atoms with Crippen LogP contribution in [0.25, 0.3) is 10.1 Å². The molecule has 2 rings (SSSR count). The smallest absolute Gasteiger partial charge is 0.0412 e. The number of hydrogen-bond acceptors (Lipinski definition) is 1. The topological polar surface area (TPSA) is 0 Å². The normalized spacial score (nSPS) is 10.9. The molecule has 0 nitrogen and oxygen atoms in total. The standard InChI is InChI=1S/C11H11ClS/c1-2-3-10-7-8-6-9(12)4-5-11(8)13-10/h4-7H,2-3H2,1H3. The zero-order chi connectivity index (χ0) is 9.26. The molecule has 0 saturated heterocycles. The zero-order valence-electron chi connectivity index (χ0n) is 7.51. The molecule has 2 heteroatoms. The fourth-order valence-electron chi connectivity index (χ4n) is 1.44. The largest absolute Gasteiger partial charge is 0.140 e. The van der Waals surface area contributed by atoms with E-state index in [4.69, 9.17) is 11.6 Å². The molecule has 0 saturated carbocycles. The van der Waals surface area contributed by atoms with Crippen molar-refractivity contribution in [3.8, 4) is 0 Å². The first-order valence-corrected chi connectivity index (χ1v) is 5.67. The molecule has 1 heterocycles. The highest BCUT2D eigenvalue weighted by molar-refractivity contribution is 7.19. The molecule has 0 N–H and O–H groups in total. The molecule has 1 aromatic carbocycles. The van der Waals surface area contributed by atoms with E-state index in [0.29, 0.717) is 0 Å². The average Bonchev–Trinajstić information content (AvgIpc) is 2.46. The van der Waals surface area contributed by atoms with Gasteiger partial charge in [0, 0.05) is 14.6 Å². The Balaban J connectivity index is 2.49. The van der Waals surface area contributed by atoms with Crippen LogP contribution in [-0.2, 0) is 6.42 Å². The van der Waals surface area contributed by atoms with Crippen molar-refractivity contribution in [3.63, 3.8) is 0 Å². The van der Waals surface area contributed by atoms with Gasteiger partial charge in [-0.05, 0) is 36.1 Å². The van der Waals surface area contributed by atoms with Crippen molar-refractivity contribution in [2.45, 2.75) is 19.8 Å². The number of benzene rings is 1. The van der Waals surface area contributed by atoms with Gasteiger partial charge in [0.2, 0.25) is 0 Å². The number of halogens is 1. The van der Waals surface area contributed by atoms with Crippen LogP contribution in [0.4, 0.5) is 0 Å². The second-order valence-electron chi connectivity index (χ2n) is 3.14. The molecule has 0 spiro atoms. The first-order valence-electron chi connectivity index (χ1n) is 4.47. The van der Waals surface area contributed by atoms with Gasteiger partial charge in [-0.25, -0.2) is 0 Å². The van der Waals surface area contributed by atoms with Gasteiger partial charge in [-0.3, -0.25) is 0 Å². The van der Waals surface area contributed by atoms with E-state index >= 15 is 0 Å². The third-order valence-electron chi connectivity index (χ3n) is 2.03. The molecule has 0 radical (unpaired) electrons. The van der Waals surface area contributed by atoms with Crippen LogP contribution >= 0.6 is 22.9 Å². The molecular weight excluding hydrogens is 200 g/mol. The Morgan fingerprint density at radius 1 is 1.31 bits per heavy atom. The highest BCUT2D eigenvalue weighted by Crippen LogP contribution is 2.28. The van der Waals surface area contributed by atoms with Crippen LogP contribution in [-0.4, -0.2) is 0 Å². The monoisotopic (exact) mass is 210 g/mol. The van der Waals surface area contributed by atoms with Gasteiger partial charge in [0.25, 0.3) is 0 Å². The van der Waals surface area contributed by atoms with Crippen LogP contribution in [0.5, 0.6) is 0 Å². The molecule has 0 aliphatic heterocycles. The Hall–Kier alpha value is -0.530. The highest BCUT2D eigenvalue weighted by atomic mass is 35.5. The predicted octanol–water partition coefficient (Wildman–Crippen LogP) is 4.51. The molecule has 68 valence electrons. The van der Waals surface area contributed by atoms with E-state index in [9.17, 15) is 0 Å². The average molecular weight is 211 g/mol. The van der Waals surface area contributed by atoms with Gasteiger partial charge in [0.15, 0.2) is 0 Å². The lowest BCUT2D eigenvalue weighted by molar-refractivity contribution is 0.941.